The van der Waals surface area contributed by atoms with Crippen LogP contribution in [0.2, 0.25) is 5.15 Å². The van der Waals surface area contributed by atoms with Gasteiger partial charge in [0.25, 0.3) is 0 Å². The van der Waals surface area contributed by atoms with Crippen LogP contribution in [0.25, 0.3) is 17.2 Å². The second kappa shape index (κ2) is 4.58. The summed E-state index contributed by atoms with van der Waals surface area (Å²) >= 11 is 6.05. The van der Waals surface area contributed by atoms with Crippen molar-refractivity contribution in [2.75, 3.05) is 0 Å². The van der Waals surface area contributed by atoms with E-state index in [4.69, 9.17) is 11.6 Å². The normalized spacial score (nSPS) is 10.5. The molecule has 0 radical (unpaired) electrons. The van der Waals surface area contributed by atoms with Gasteiger partial charge in [0.15, 0.2) is 11.0 Å². The highest BCUT2D eigenvalue weighted by molar-refractivity contribution is 6.30. The van der Waals surface area contributed by atoms with E-state index in [1.807, 2.05) is 41.1 Å². The van der Waals surface area contributed by atoms with Gasteiger partial charge in [0.2, 0.25) is 0 Å². The Morgan fingerprint density at radius 1 is 0.889 bits per heavy atom. The van der Waals surface area contributed by atoms with Gasteiger partial charge in [0.1, 0.15) is 5.82 Å². The molecule has 0 aliphatic rings. The lowest BCUT2D eigenvalue weighted by Crippen LogP contribution is -2.00. The summed E-state index contributed by atoms with van der Waals surface area (Å²) < 4.78 is 1.82. The number of halogens is 1. The summed E-state index contributed by atoms with van der Waals surface area (Å²) in [5.74, 6) is 1.37. The zero-order valence-electron chi connectivity index (χ0n) is 9.36. The SMILES string of the molecule is Clc1nccnc1-n1ccnc1-c1ccccc1. The van der Waals surface area contributed by atoms with Crippen LogP contribution in [0.5, 0.6) is 0 Å². The van der Waals surface area contributed by atoms with Crippen LogP contribution >= 0.6 is 11.6 Å². The highest BCUT2D eigenvalue weighted by atomic mass is 35.5. The molecule has 0 aliphatic carbocycles. The third-order valence-electron chi connectivity index (χ3n) is 2.54. The highest BCUT2D eigenvalue weighted by Crippen LogP contribution is 2.22. The zero-order valence-corrected chi connectivity index (χ0v) is 10.1. The molecule has 0 amide bonds. The Morgan fingerprint density at radius 2 is 1.67 bits per heavy atom. The van der Waals surface area contributed by atoms with Crippen molar-refractivity contribution < 1.29 is 0 Å². The molecule has 1 aromatic carbocycles. The molecule has 0 fully saturated rings. The minimum absolute atomic E-state index is 0.354. The molecule has 0 unspecified atom stereocenters. The van der Waals surface area contributed by atoms with Crippen LogP contribution in [0.3, 0.4) is 0 Å². The number of rotatable bonds is 2. The van der Waals surface area contributed by atoms with E-state index in [1.165, 1.54) is 0 Å². The molecular formula is C13H9ClN4. The number of benzene rings is 1. The molecule has 4 nitrogen and oxygen atoms in total. The Balaban J connectivity index is 2.16. The van der Waals surface area contributed by atoms with Crippen molar-refractivity contribution in [1.29, 1.82) is 0 Å². The molecule has 0 aliphatic heterocycles. The topological polar surface area (TPSA) is 43.6 Å². The summed E-state index contributed by atoms with van der Waals surface area (Å²) in [6, 6.07) is 9.87. The van der Waals surface area contributed by atoms with Crippen LogP contribution in [-0.4, -0.2) is 19.5 Å². The molecule has 5 heteroatoms. The number of hydrogen-bond acceptors (Lipinski definition) is 3. The first-order valence-electron chi connectivity index (χ1n) is 5.42. The van der Waals surface area contributed by atoms with Gasteiger partial charge in [0, 0.05) is 30.4 Å². The minimum atomic E-state index is 0.354. The monoisotopic (exact) mass is 256 g/mol. The Morgan fingerprint density at radius 3 is 2.44 bits per heavy atom. The lowest BCUT2D eigenvalue weighted by Gasteiger charge is -2.07. The van der Waals surface area contributed by atoms with E-state index in [-0.39, 0.29) is 0 Å². The van der Waals surface area contributed by atoms with E-state index in [9.17, 15) is 0 Å². The maximum atomic E-state index is 6.05. The van der Waals surface area contributed by atoms with Crippen LogP contribution in [0.4, 0.5) is 0 Å². The molecule has 2 aromatic heterocycles. The average molecular weight is 257 g/mol. The van der Waals surface area contributed by atoms with Gasteiger partial charge in [0.05, 0.1) is 0 Å². The van der Waals surface area contributed by atoms with E-state index in [1.54, 1.807) is 18.6 Å². The number of imidazole rings is 1. The Hall–Kier alpha value is -2.20. The van der Waals surface area contributed by atoms with Crippen molar-refractivity contribution in [1.82, 2.24) is 19.5 Å². The molecule has 2 heterocycles. The van der Waals surface area contributed by atoms with Gasteiger partial charge in [-0.15, -0.1) is 0 Å². The fraction of sp³-hybridized carbons (Fsp3) is 0. The van der Waals surface area contributed by atoms with Gasteiger partial charge in [-0.05, 0) is 0 Å². The molecule has 0 atom stereocenters. The molecule has 0 spiro atoms. The Kier molecular flexibility index (Phi) is 2.78. The van der Waals surface area contributed by atoms with E-state index in [0.29, 0.717) is 11.0 Å². The van der Waals surface area contributed by atoms with Gasteiger partial charge in [-0.3, -0.25) is 4.57 Å². The predicted octanol–water partition coefficient (Wildman–Crippen LogP) is 2.98. The third kappa shape index (κ3) is 1.87. The fourth-order valence-electron chi connectivity index (χ4n) is 1.75. The Bertz CT molecular complexity index is 664. The molecule has 18 heavy (non-hydrogen) atoms. The number of aromatic nitrogens is 4. The third-order valence-corrected chi connectivity index (χ3v) is 2.80. The summed E-state index contributed by atoms with van der Waals surface area (Å²) in [4.78, 5) is 12.6. The van der Waals surface area contributed by atoms with Gasteiger partial charge in [-0.2, -0.15) is 0 Å². The van der Waals surface area contributed by atoms with Crippen LogP contribution in [0.15, 0.2) is 55.1 Å². The number of hydrogen-bond donors (Lipinski definition) is 0. The van der Waals surface area contributed by atoms with Crippen molar-refractivity contribution in [3.8, 4) is 17.2 Å². The summed E-state index contributed by atoms with van der Waals surface area (Å²) in [7, 11) is 0. The average Bonchev–Trinajstić information content (AvgIpc) is 2.89. The first kappa shape index (κ1) is 10.9. The Labute approximate surface area is 109 Å². The molecule has 0 bridgehead atoms. The van der Waals surface area contributed by atoms with E-state index < -0.39 is 0 Å². The standard InChI is InChI=1S/C13H9ClN4/c14-11-13(16-7-6-15-11)18-9-8-17-12(18)10-4-2-1-3-5-10/h1-9H. The van der Waals surface area contributed by atoms with Crippen LogP contribution in [0.1, 0.15) is 0 Å². The molecule has 88 valence electrons. The second-order valence-corrected chi connectivity index (χ2v) is 4.02. The predicted molar refractivity (Wildman–Crippen MR) is 69.6 cm³/mol. The summed E-state index contributed by atoms with van der Waals surface area (Å²) in [6.45, 7) is 0. The van der Waals surface area contributed by atoms with Crippen molar-refractivity contribution in [2.45, 2.75) is 0 Å². The lowest BCUT2D eigenvalue weighted by molar-refractivity contribution is 0.979. The van der Waals surface area contributed by atoms with E-state index in [2.05, 4.69) is 15.0 Å². The first-order valence-corrected chi connectivity index (χ1v) is 5.80. The summed E-state index contributed by atoms with van der Waals surface area (Å²) in [6.07, 6.45) is 6.70. The van der Waals surface area contributed by atoms with Crippen LogP contribution < -0.4 is 0 Å². The van der Waals surface area contributed by atoms with Crippen molar-refractivity contribution in [3.63, 3.8) is 0 Å². The van der Waals surface area contributed by atoms with Crippen LogP contribution in [-0.2, 0) is 0 Å². The van der Waals surface area contributed by atoms with Crippen molar-refractivity contribution in [2.24, 2.45) is 0 Å². The first-order chi connectivity index (χ1) is 8.86. The second-order valence-electron chi connectivity index (χ2n) is 3.66. The highest BCUT2D eigenvalue weighted by Gasteiger charge is 2.11. The molecule has 0 saturated carbocycles. The fourth-order valence-corrected chi connectivity index (χ4v) is 1.95. The van der Waals surface area contributed by atoms with Gasteiger partial charge in [-0.1, -0.05) is 41.9 Å². The van der Waals surface area contributed by atoms with Crippen LogP contribution in [0, 0.1) is 0 Å². The van der Waals surface area contributed by atoms with Crippen molar-refractivity contribution in [3.05, 3.63) is 60.3 Å². The molecule has 0 saturated heterocycles. The van der Waals surface area contributed by atoms with E-state index >= 15 is 0 Å². The van der Waals surface area contributed by atoms with E-state index in [0.717, 1.165) is 11.4 Å². The molecule has 0 N–H and O–H groups in total. The largest absolute Gasteiger partial charge is 0.281 e. The van der Waals surface area contributed by atoms with Gasteiger partial charge >= 0.3 is 0 Å². The van der Waals surface area contributed by atoms with Gasteiger partial charge in [-0.25, -0.2) is 15.0 Å². The molecular weight excluding hydrogens is 248 g/mol. The summed E-state index contributed by atoms with van der Waals surface area (Å²) in [5, 5.41) is 0.354. The zero-order chi connectivity index (χ0) is 12.4. The summed E-state index contributed by atoms with van der Waals surface area (Å²) in [5.41, 5.74) is 1.00. The smallest absolute Gasteiger partial charge is 0.176 e. The maximum absolute atomic E-state index is 6.05. The quantitative estimate of drug-likeness (QED) is 0.708. The van der Waals surface area contributed by atoms with Gasteiger partial charge < -0.3 is 0 Å². The maximum Gasteiger partial charge on any atom is 0.176 e. The lowest BCUT2D eigenvalue weighted by atomic mass is 10.2. The molecule has 3 rings (SSSR count). The molecule has 3 aromatic rings. The minimum Gasteiger partial charge on any atom is -0.281 e. The van der Waals surface area contributed by atoms with Crippen molar-refractivity contribution >= 4 is 11.6 Å². The number of nitrogens with zero attached hydrogens (tertiary/aromatic N) is 4.